The van der Waals surface area contributed by atoms with E-state index in [2.05, 4.69) is 146 Å². The third-order valence-corrected chi connectivity index (χ3v) is 13.2. The first kappa shape index (κ1) is 27.8. The van der Waals surface area contributed by atoms with Crippen molar-refractivity contribution in [1.82, 2.24) is 0 Å². The summed E-state index contributed by atoms with van der Waals surface area (Å²) < 4.78 is 0. The molecule has 0 aromatic heterocycles. The first-order valence-corrected chi connectivity index (χ1v) is 18.3. The Hall–Kier alpha value is -5.14. The summed E-state index contributed by atoms with van der Waals surface area (Å²) in [5.41, 5.74) is 7.01. The molecular weight excluding hydrogens is 591 g/mol. The van der Waals surface area contributed by atoms with E-state index >= 15 is 0 Å². The molecule has 9 aromatic carbocycles. The lowest BCUT2D eigenvalue weighted by Gasteiger charge is -2.48. The fourth-order valence-corrected chi connectivity index (χ4v) is 10.6. The van der Waals surface area contributed by atoms with Gasteiger partial charge in [-0.2, -0.15) is 0 Å². The van der Waals surface area contributed by atoms with Gasteiger partial charge in [-0.15, -0.1) is 0 Å². The molecule has 2 unspecified atom stereocenters. The first-order chi connectivity index (χ1) is 24.0. The highest BCUT2D eigenvalue weighted by Gasteiger charge is 2.56. The topological polar surface area (TPSA) is 3.24 Å². The Morgan fingerprint density at radius 3 is 1.80 bits per heavy atom. The van der Waals surface area contributed by atoms with E-state index in [0.717, 1.165) is 0 Å². The van der Waals surface area contributed by atoms with Crippen LogP contribution in [0.25, 0.3) is 75.8 Å². The summed E-state index contributed by atoms with van der Waals surface area (Å²) in [5.74, 6) is 0. The molecule has 0 bridgehead atoms. The van der Waals surface area contributed by atoms with Gasteiger partial charge in [-0.25, -0.2) is 0 Å². The summed E-state index contributed by atoms with van der Waals surface area (Å²) in [5, 5.41) is 16.4. The molecule has 1 heterocycles. The molecule has 9 aromatic rings. The van der Waals surface area contributed by atoms with Gasteiger partial charge in [0.2, 0.25) is 0 Å². The molecule has 0 spiro atoms. The number of benzene rings is 7. The molecule has 1 saturated carbocycles. The lowest BCUT2D eigenvalue weighted by molar-refractivity contribution is 0.218. The summed E-state index contributed by atoms with van der Waals surface area (Å²) in [4.78, 5) is 2.71. The standard InChI is InChI=1S/C48H39N/c1-47-25-8-3-4-9-26-48(47,2)49(32-15-6-5-7-16-32)44-24-21-31(27-43(44)47)33-22-23-38-42-29-40-36-18-11-14-30-13-10-17-35(45(30)36)39(40)28-41(42)37-20-12-19-34(33)46(37)38/h5-7,10-24,27-29H,3-4,8-9,25-26H2,1-2H3. The van der Waals surface area contributed by atoms with Gasteiger partial charge in [0.1, 0.15) is 0 Å². The predicted molar refractivity (Wildman–Crippen MR) is 211 cm³/mol. The van der Waals surface area contributed by atoms with Crippen molar-refractivity contribution in [3.8, 4) is 11.1 Å². The van der Waals surface area contributed by atoms with E-state index in [0.29, 0.717) is 0 Å². The Morgan fingerprint density at radius 1 is 0.469 bits per heavy atom. The molecule has 1 heteroatoms. The monoisotopic (exact) mass is 629 g/mol. The van der Waals surface area contributed by atoms with Crippen molar-refractivity contribution < 1.29 is 0 Å². The smallest absolute Gasteiger partial charge is 0.0517 e. The highest BCUT2D eigenvalue weighted by Crippen LogP contribution is 2.60. The molecule has 0 amide bonds. The molecule has 2 atom stereocenters. The number of fused-ring (bicyclic) bond motifs is 9. The van der Waals surface area contributed by atoms with Crippen LogP contribution >= 0.6 is 0 Å². The van der Waals surface area contributed by atoms with Crippen LogP contribution in [0.4, 0.5) is 11.4 Å². The zero-order chi connectivity index (χ0) is 32.5. The molecule has 2 aliphatic rings. The number of para-hydroxylation sites is 1. The maximum Gasteiger partial charge on any atom is 0.0517 e. The molecule has 1 aliphatic heterocycles. The van der Waals surface area contributed by atoms with Crippen molar-refractivity contribution in [3.63, 3.8) is 0 Å². The van der Waals surface area contributed by atoms with Gasteiger partial charge in [0, 0.05) is 16.8 Å². The number of hydrogen-bond acceptors (Lipinski definition) is 1. The Bertz CT molecular complexity index is 2670. The quantitative estimate of drug-likeness (QED) is 0.184. The predicted octanol–water partition coefficient (Wildman–Crippen LogP) is 13.7. The van der Waals surface area contributed by atoms with Crippen molar-refractivity contribution in [2.24, 2.45) is 0 Å². The van der Waals surface area contributed by atoms with E-state index in [4.69, 9.17) is 0 Å². The van der Waals surface area contributed by atoms with E-state index in [-0.39, 0.29) is 11.0 Å². The fourth-order valence-electron chi connectivity index (χ4n) is 10.6. The second-order valence-electron chi connectivity index (χ2n) is 15.5. The minimum Gasteiger partial charge on any atom is -0.334 e. The Morgan fingerprint density at radius 2 is 1.08 bits per heavy atom. The van der Waals surface area contributed by atoms with Crippen molar-refractivity contribution in [1.29, 1.82) is 0 Å². The largest absolute Gasteiger partial charge is 0.334 e. The van der Waals surface area contributed by atoms with E-state index < -0.39 is 0 Å². The molecule has 49 heavy (non-hydrogen) atoms. The van der Waals surface area contributed by atoms with Gasteiger partial charge >= 0.3 is 0 Å². The number of nitrogens with zero attached hydrogens (tertiary/aromatic N) is 1. The van der Waals surface area contributed by atoms with Gasteiger partial charge in [-0.1, -0.05) is 124 Å². The average molecular weight is 630 g/mol. The van der Waals surface area contributed by atoms with Crippen molar-refractivity contribution in [2.75, 3.05) is 4.90 Å². The molecule has 0 saturated heterocycles. The van der Waals surface area contributed by atoms with Crippen LogP contribution in [0.15, 0.2) is 127 Å². The van der Waals surface area contributed by atoms with Crippen LogP contribution in [0.1, 0.15) is 57.9 Å². The fraction of sp³-hybridized carbons (Fsp3) is 0.208. The summed E-state index contributed by atoms with van der Waals surface area (Å²) in [6.07, 6.45) is 7.70. The Balaban J connectivity index is 1.14. The molecule has 0 N–H and O–H groups in total. The summed E-state index contributed by atoms with van der Waals surface area (Å²) in [6, 6.07) is 48.9. The maximum atomic E-state index is 2.71. The van der Waals surface area contributed by atoms with Gasteiger partial charge < -0.3 is 4.90 Å². The Kier molecular flexibility index (Phi) is 5.51. The molecular formula is C48H39N. The highest BCUT2D eigenvalue weighted by atomic mass is 15.2. The van der Waals surface area contributed by atoms with Crippen LogP contribution in [0.5, 0.6) is 0 Å². The van der Waals surface area contributed by atoms with Crippen molar-refractivity contribution in [2.45, 2.75) is 63.3 Å². The van der Waals surface area contributed by atoms with E-state index in [9.17, 15) is 0 Å². The zero-order valence-corrected chi connectivity index (χ0v) is 28.3. The molecule has 236 valence electrons. The van der Waals surface area contributed by atoms with Gasteiger partial charge in [0.25, 0.3) is 0 Å². The average Bonchev–Trinajstić information content (AvgIpc) is 3.69. The molecule has 1 nitrogen and oxygen atoms in total. The van der Waals surface area contributed by atoms with Crippen LogP contribution in [0.3, 0.4) is 0 Å². The van der Waals surface area contributed by atoms with Crippen molar-refractivity contribution >= 4 is 76.0 Å². The van der Waals surface area contributed by atoms with Gasteiger partial charge in [0.15, 0.2) is 0 Å². The molecule has 1 fully saturated rings. The number of anilines is 2. The van der Waals surface area contributed by atoms with Gasteiger partial charge in [-0.3, -0.25) is 0 Å². The van der Waals surface area contributed by atoms with Gasteiger partial charge in [-0.05, 0) is 137 Å². The summed E-state index contributed by atoms with van der Waals surface area (Å²) in [6.45, 7) is 5.13. The molecule has 1 aliphatic carbocycles. The second-order valence-corrected chi connectivity index (χ2v) is 15.5. The van der Waals surface area contributed by atoms with Crippen LogP contribution in [-0.4, -0.2) is 5.54 Å². The second kappa shape index (κ2) is 9.73. The van der Waals surface area contributed by atoms with Gasteiger partial charge in [0.05, 0.1) is 5.54 Å². The normalized spacial score (nSPS) is 21.3. The molecule has 11 rings (SSSR count). The number of rotatable bonds is 2. The first-order valence-electron chi connectivity index (χ1n) is 18.3. The van der Waals surface area contributed by atoms with E-state index in [1.165, 1.54) is 131 Å². The van der Waals surface area contributed by atoms with Crippen LogP contribution in [0, 0.1) is 0 Å². The van der Waals surface area contributed by atoms with E-state index in [1.807, 2.05) is 0 Å². The number of hydrogen-bond donors (Lipinski definition) is 0. The zero-order valence-electron chi connectivity index (χ0n) is 28.3. The lowest BCUT2D eigenvalue weighted by Crippen LogP contribution is -2.53. The van der Waals surface area contributed by atoms with Crippen LogP contribution < -0.4 is 4.90 Å². The molecule has 0 radical (unpaired) electrons. The maximum absolute atomic E-state index is 2.71. The SMILES string of the molecule is CC12CCCCCCC1(C)N(c1ccccc1)c1ccc(-c3ccc4c5cc6c(cc5c5cccc3c54)c3cccc4cccc6c43)cc12. The summed E-state index contributed by atoms with van der Waals surface area (Å²) in [7, 11) is 0. The van der Waals surface area contributed by atoms with Crippen LogP contribution in [-0.2, 0) is 5.41 Å². The lowest BCUT2D eigenvalue weighted by atomic mass is 9.63. The minimum absolute atomic E-state index is 0.0305. The van der Waals surface area contributed by atoms with E-state index in [1.54, 1.807) is 0 Å². The minimum atomic E-state index is 0.0305. The highest BCUT2D eigenvalue weighted by molar-refractivity contribution is 6.38. The third kappa shape index (κ3) is 3.51. The third-order valence-electron chi connectivity index (χ3n) is 13.2. The van der Waals surface area contributed by atoms with Crippen LogP contribution in [0.2, 0.25) is 0 Å². The summed E-state index contributed by atoms with van der Waals surface area (Å²) >= 11 is 0. The van der Waals surface area contributed by atoms with Crippen molar-refractivity contribution in [3.05, 3.63) is 133 Å². The Labute approximate surface area is 287 Å².